The van der Waals surface area contributed by atoms with E-state index in [0.29, 0.717) is 0 Å². The van der Waals surface area contributed by atoms with Gasteiger partial charge < -0.3 is 45.2 Å². The average molecular weight is 418 g/mol. The fourth-order valence-corrected chi connectivity index (χ4v) is 4.59. The summed E-state index contributed by atoms with van der Waals surface area (Å²) in [6.45, 7) is -1.46. The predicted molar refractivity (Wildman–Crippen MR) is 79.9 cm³/mol. The van der Waals surface area contributed by atoms with Crippen LogP contribution in [0.4, 0.5) is 0 Å². The summed E-state index contributed by atoms with van der Waals surface area (Å²) in [4.78, 5) is 0. The molecule has 1 saturated carbocycles. The first-order chi connectivity index (χ1) is 12.6. The van der Waals surface area contributed by atoms with Crippen molar-refractivity contribution in [3.05, 3.63) is 0 Å². The number of hydrogen-bond donors (Lipinski definition) is 7. The second-order valence-electron chi connectivity index (χ2n) is 6.66. The van der Waals surface area contributed by atoms with E-state index in [9.17, 15) is 44.2 Å². The van der Waals surface area contributed by atoms with E-state index in [1.54, 1.807) is 0 Å². The van der Waals surface area contributed by atoms with E-state index in [4.69, 9.17) is 13.7 Å². The van der Waals surface area contributed by atoms with Gasteiger partial charge in [-0.15, -0.1) is 0 Å². The molecule has 0 bridgehead atoms. The molecule has 13 nitrogen and oxygen atoms in total. The van der Waals surface area contributed by atoms with Crippen LogP contribution >= 0.6 is 0 Å². The minimum Gasteiger partial charge on any atom is -0.396 e. The third-order valence-corrected chi connectivity index (χ3v) is 5.92. The normalized spacial score (nSPS) is 52.5. The van der Waals surface area contributed by atoms with Gasteiger partial charge in [-0.2, -0.15) is 8.42 Å². The van der Waals surface area contributed by atoms with Crippen LogP contribution in [-0.2, 0) is 28.2 Å². The molecule has 0 aromatic carbocycles. The summed E-state index contributed by atoms with van der Waals surface area (Å²) in [7, 11) is -4.45. The van der Waals surface area contributed by atoms with Gasteiger partial charge in [0.2, 0.25) is 0 Å². The van der Waals surface area contributed by atoms with E-state index >= 15 is 0 Å². The van der Waals surface area contributed by atoms with Crippen molar-refractivity contribution in [3.8, 4) is 0 Å². The van der Waals surface area contributed by atoms with Gasteiger partial charge in [-0.25, -0.2) is 8.37 Å². The van der Waals surface area contributed by atoms with E-state index in [1.165, 1.54) is 0 Å². The highest BCUT2D eigenvalue weighted by Gasteiger charge is 2.59. The highest BCUT2D eigenvalue weighted by molar-refractivity contribution is 7.82. The summed E-state index contributed by atoms with van der Waals surface area (Å²) in [5, 5.41) is 68.9. The van der Waals surface area contributed by atoms with Gasteiger partial charge in [-0.05, 0) is 0 Å². The Morgan fingerprint density at radius 1 is 0.778 bits per heavy atom. The summed E-state index contributed by atoms with van der Waals surface area (Å²) in [5.41, 5.74) is 0. The monoisotopic (exact) mass is 418 g/mol. The molecule has 0 spiro atoms. The quantitative estimate of drug-likeness (QED) is 0.227. The van der Waals surface area contributed by atoms with Gasteiger partial charge in [0.25, 0.3) is 0 Å². The fourth-order valence-electron chi connectivity index (χ4n) is 3.52. The van der Waals surface area contributed by atoms with Crippen LogP contribution in [0.15, 0.2) is 0 Å². The maximum Gasteiger partial charge on any atom is 0.400 e. The van der Waals surface area contributed by atoms with Crippen LogP contribution < -0.4 is 0 Å². The molecule has 2 heterocycles. The first-order valence-corrected chi connectivity index (χ1v) is 9.49. The summed E-state index contributed by atoms with van der Waals surface area (Å²) in [6.07, 6.45) is -16.0. The Morgan fingerprint density at radius 3 is 2.00 bits per heavy atom. The third kappa shape index (κ3) is 3.73. The molecule has 158 valence electrons. The second-order valence-corrected chi connectivity index (χ2v) is 7.86. The average Bonchev–Trinajstić information content (AvgIpc) is 2.95. The van der Waals surface area contributed by atoms with Crippen LogP contribution in [0.2, 0.25) is 0 Å². The molecule has 3 aliphatic rings. The molecular weight excluding hydrogens is 396 g/mol. The van der Waals surface area contributed by atoms with E-state index in [-0.39, 0.29) is 0 Å². The van der Waals surface area contributed by atoms with Crippen LogP contribution in [0.3, 0.4) is 0 Å². The number of rotatable bonds is 4. The standard InChI is InChI=1S/C13H22O13S/c14-1-3-10(7(18)8(19)12-11(3)25-27(21,22)26-12)24-13-9(20)6(17)5(16)4(2-15)23-13/h3-20H,1-2H2. The van der Waals surface area contributed by atoms with Crippen molar-refractivity contribution in [1.29, 1.82) is 0 Å². The molecule has 11 unspecified atom stereocenters. The van der Waals surface area contributed by atoms with Crippen LogP contribution in [0, 0.1) is 5.92 Å². The molecule has 0 radical (unpaired) electrons. The number of aliphatic hydroxyl groups is 7. The van der Waals surface area contributed by atoms with Gasteiger partial charge in [0.1, 0.15) is 48.8 Å². The molecule has 2 saturated heterocycles. The van der Waals surface area contributed by atoms with Gasteiger partial charge in [0, 0.05) is 5.92 Å². The van der Waals surface area contributed by atoms with Crippen molar-refractivity contribution in [2.45, 2.75) is 61.2 Å². The zero-order valence-electron chi connectivity index (χ0n) is 13.8. The molecule has 0 aromatic rings. The van der Waals surface area contributed by atoms with E-state index < -0.39 is 90.8 Å². The molecule has 27 heavy (non-hydrogen) atoms. The minimum atomic E-state index is -4.45. The van der Waals surface area contributed by atoms with Crippen molar-refractivity contribution in [1.82, 2.24) is 0 Å². The van der Waals surface area contributed by atoms with Gasteiger partial charge in [-0.1, -0.05) is 0 Å². The lowest BCUT2D eigenvalue weighted by molar-refractivity contribution is -0.332. The lowest BCUT2D eigenvalue weighted by Crippen LogP contribution is -2.65. The maximum atomic E-state index is 11.5. The lowest BCUT2D eigenvalue weighted by atomic mass is 9.78. The van der Waals surface area contributed by atoms with Crippen molar-refractivity contribution >= 4 is 10.4 Å². The van der Waals surface area contributed by atoms with Gasteiger partial charge in [0.15, 0.2) is 6.29 Å². The Labute approximate surface area is 153 Å². The van der Waals surface area contributed by atoms with Crippen molar-refractivity contribution < 1.29 is 62.0 Å². The zero-order chi connectivity index (χ0) is 20.1. The van der Waals surface area contributed by atoms with E-state index in [0.717, 1.165) is 0 Å². The summed E-state index contributed by atoms with van der Waals surface area (Å²) < 4.78 is 42.9. The Hall–Kier alpha value is -0.490. The molecule has 3 rings (SSSR count). The van der Waals surface area contributed by atoms with Gasteiger partial charge in [0.05, 0.1) is 19.3 Å². The summed E-state index contributed by atoms with van der Waals surface area (Å²) in [5.74, 6) is -1.21. The largest absolute Gasteiger partial charge is 0.400 e. The van der Waals surface area contributed by atoms with Gasteiger partial charge >= 0.3 is 10.4 Å². The van der Waals surface area contributed by atoms with Crippen molar-refractivity contribution in [2.24, 2.45) is 5.92 Å². The van der Waals surface area contributed by atoms with E-state index in [1.807, 2.05) is 0 Å². The molecule has 0 amide bonds. The first-order valence-electron chi connectivity index (χ1n) is 8.15. The minimum absolute atomic E-state index is 0.718. The number of ether oxygens (including phenoxy) is 2. The van der Waals surface area contributed by atoms with Crippen LogP contribution in [0.5, 0.6) is 0 Å². The number of fused-ring (bicyclic) bond motifs is 1. The molecule has 2 aliphatic heterocycles. The Kier molecular flexibility index (Phi) is 6.08. The SMILES string of the molecule is O=S1(=O)OC2C(O)C(O)C(OC3OC(CO)C(O)C(O)C3O)C(CO)C2O1. The van der Waals surface area contributed by atoms with Crippen molar-refractivity contribution in [3.63, 3.8) is 0 Å². The molecule has 3 fully saturated rings. The molecule has 7 N–H and O–H groups in total. The predicted octanol–water partition coefficient (Wildman–Crippen LogP) is -5.46. The molecule has 14 heteroatoms. The highest BCUT2D eigenvalue weighted by Crippen LogP contribution is 2.39. The number of hydrogen-bond acceptors (Lipinski definition) is 13. The second kappa shape index (κ2) is 7.74. The summed E-state index contributed by atoms with van der Waals surface area (Å²) in [6, 6.07) is 0. The molecule has 1 aliphatic carbocycles. The van der Waals surface area contributed by atoms with Crippen LogP contribution in [0.25, 0.3) is 0 Å². The molecule has 11 atom stereocenters. The van der Waals surface area contributed by atoms with E-state index in [2.05, 4.69) is 4.18 Å². The Balaban J connectivity index is 1.82. The first kappa shape index (κ1) is 21.2. The summed E-state index contributed by atoms with van der Waals surface area (Å²) >= 11 is 0. The number of aliphatic hydroxyl groups excluding tert-OH is 7. The Morgan fingerprint density at radius 2 is 1.41 bits per heavy atom. The smallest absolute Gasteiger partial charge is 0.396 e. The topological polar surface area (TPSA) is 213 Å². The lowest BCUT2D eigenvalue weighted by Gasteiger charge is -2.46. The van der Waals surface area contributed by atoms with Crippen LogP contribution in [0.1, 0.15) is 0 Å². The van der Waals surface area contributed by atoms with Crippen LogP contribution in [-0.4, -0.2) is 119 Å². The Bertz CT molecular complexity index is 626. The van der Waals surface area contributed by atoms with Crippen molar-refractivity contribution in [2.75, 3.05) is 13.2 Å². The van der Waals surface area contributed by atoms with Gasteiger partial charge in [-0.3, -0.25) is 0 Å². The molecular formula is C13H22O13S. The zero-order valence-corrected chi connectivity index (χ0v) is 14.6. The highest BCUT2D eigenvalue weighted by atomic mass is 32.3. The molecule has 0 aromatic heterocycles. The maximum absolute atomic E-state index is 11.5. The fraction of sp³-hybridized carbons (Fsp3) is 1.00. The third-order valence-electron chi connectivity index (χ3n) is 5.00.